The summed E-state index contributed by atoms with van der Waals surface area (Å²) in [6, 6.07) is 7.63. The Balaban J connectivity index is 2.10. The summed E-state index contributed by atoms with van der Waals surface area (Å²) in [6.45, 7) is 1.77. The predicted molar refractivity (Wildman–Crippen MR) is 64.6 cm³/mol. The molecule has 0 bridgehead atoms. The summed E-state index contributed by atoms with van der Waals surface area (Å²) in [6.07, 6.45) is 1.63. The first kappa shape index (κ1) is 12.0. The number of furan rings is 1. The molecule has 92 valence electrons. The molecule has 1 aromatic heterocycles. The molecule has 0 aliphatic carbocycles. The van der Waals surface area contributed by atoms with Gasteiger partial charge in [-0.2, -0.15) is 0 Å². The van der Waals surface area contributed by atoms with E-state index < -0.39 is 4.92 Å². The summed E-state index contributed by atoms with van der Waals surface area (Å²) in [4.78, 5) is 21.9. The molecule has 0 atom stereocenters. The molecular weight excluding hydrogens is 234 g/mol. The SMILES string of the molecule is Cc1cc(C(=O)Cc2ccc([N+](=O)[O-])cc2)co1. The lowest BCUT2D eigenvalue weighted by molar-refractivity contribution is -0.384. The van der Waals surface area contributed by atoms with Crippen LogP contribution in [0, 0.1) is 17.0 Å². The van der Waals surface area contributed by atoms with E-state index in [2.05, 4.69) is 0 Å². The molecule has 0 N–H and O–H groups in total. The van der Waals surface area contributed by atoms with Crippen LogP contribution >= 0.6 is 0 Å². The van der Waals surface area contributed by atoms with Crippen LogP contribution < -0.4 is 0 Å². The van der Waals surface area contributed by atoms with Gasteiger partial charge in [0.15, 0.2) is 5.78 Å². The molecule has 0 saturated carbocycles. The number of hydrogen-bond acceptors (Lipinski definition) is 4. The van der Waals surface area contributed by atoms with Crippen molar-refractivity contribution in [2.24, 2.45) is 0 Å². The maximum absolute atomic E-state index is 11.9. The van der Waals surface area contributed by atoms with Gasteiger partial charge < -0.3 is 4.42 Å². The number of non-ortho nitro benzene ring substituents is 1. The summed E-state index contributed by atoms with van der Waals surface area (Å²) in [5, 5.41) is 10.5. The summed E-state index contributed by atoms with van der Waals surface area (Å²) in [5.41, 5.74) is 1.28. The lowest BCUT2D eigenvalue weighted by atomic mass is 10.0. The van der Waals surface area contributed by atoms with Crippen LogP contribution in [0.5, 0.6) is 0 Å². The largest absolute Gasteiger partial charge is 0.469 e. The number of carbonyl (C=O) groups excluding carboxylic acids is 1. The molecule has 0 saturated heterocycles. The van der Waals surface area contributed by atoms with E-state index in [9.17, 15) is 14.9 Å². The molecule has 5 heteroatoms. The molecule has 0 amide bonds. The summed E-state index contributed by atoms with van der Waals surface area (Å²) in [5.74, 6) is 0.614. The minimum atomic E-state index is -0.467. The molecule has 1 heterocycles. The van der Waals surface area contributed by atoms with Gasteiger partial charge in [-0.25, -0.2) is 0 Å². The van der Waals surface area contributed by atoms with Gasteiger partial charge >= 0.3 is 0 Å². The molecule has 5 nitrogen and oxygen atoms in total. The number of benzene rings is 1. The normalized spacial score (nSPS) is 10.3. The van der Waals surface area contributed by atoms with E-state index in [1.807, 2.05) is 0 Å². The molecule has 0 aliphatic heterocycles. The van der Waals surface area contributed by atoms with Crippen LogP contribution in [0.15, 0.2) is 41.0 Å². The van der Waals surface area contributed by atoms with E-state index in [1.165, 1.54) is 18.4 Å². The van der Waals surface area contributed by atoms with Gasteiger partial charge in [-0.05, 0) is 18.6 Å². The smallest absolute Gasteiger partial charge is 0.269 e. The number of nitro groups is 1. The number of hydrogen-bond donors (Lipinski definition) is 0. The Labute approximate surface area is 103 Å². The van der Waals surface area contributed by atoms with Crippen molar-refractivity contribution in [2.75, 3.05) is 0 Å². The molecular formula is C13H11NO4. The van der Waals surface area contributed by atoms with E-state index in [4.69, 9.17) is 4.42 Å². The zero-order chi connectivity index (χ0) is 13.1. The number of carbonyl (C=O) groups is 1. The van der Waals surface area contributed by atoms with Gasteiger partial charge in [-0.3, -0.25) is 14.9 Å². The Morgan fingerprint density at radius 3 is 2.50 bits per heavy atom. The quantitative estimate of drug-likeness (QED) is 0.471. The second-order valence-electron chi connectivity index (χ2n) is 3.97. The minimum absolute atomic E-state index is 0.0188. The van der Waals surface area contributed by atoms with Crippen molar-refractivity contribution in [3.05, 3.63) is 63.6 Å². The number of aryl methyl sites for hydroxylation is 1. The summed E-state index contributed by atoms with van der Waals surface area (Å²) < 4.78 is 5.06. The third-order valence-corrected chi connectivity index (χ3v) is 2.56. The average Bonchev–Trinajstić information content (AvgIpc) is 2.76. The fourth-order valence-corrected chi connectivity index (χ4v) is 1.61. The number of nitrogens with zero attached hydrogens (tertiary/aromatic N) is 1. The fraction of sp³-hybridized carbons (Fsp3) is 0.154. The minimum Gasteiger partial charge on any atom is -0.469 e. The van der Waals surface area contributed by atoms with Crippen LogP contribution in [0.4, 0.5) is 5.69 Å². The third kappa shape index (κ3) is 2.63. The Kier molecular flexibility index (Phi) is 3.23. The van der Waals surface area contributed by atoms with Crippen LogP contribution in [0.2, 0.25) is 0 Å². The van der Waals surface area contributed by atoms with Gasteiger partial charge in [0.05, 0.1) is 10.5 Å². The monoisotopic (exact) mass is 245 g/mol. The van der Waals surface area contributed by atoms with Gasteiger partial charge in [0.1, 0.15) is 12.0 Å². The van der Waals surface area contributed by atoms with Crippen molar-refractivity contribution in [2.45, 2.75) is 13.3 Å². The maximum atomic E-state index is 11.9. The van der Waals surface area contributed by atoms with Crippen molar-refractivity contribution in [1.82, 2.24) is 0 Å². The Hall–Kier alpha value is -2.43. The lowest BCUT2D eigenvalue weighted by Gasteiger charge is -1.98. The highest BCUT2D eigenvalue weighted by molar-refractivity contribution is 5.97. The Morgan fingerprint density at radius 1 is 1.33 bits per heavy atom. The van der Waals surface area contributed by atoms with E-state index in [1.54, 1.807) is 25.1 Å². The molecule has 2 aromatic rings. The first-order valence-electron chi connectivity index (χ1n) is 5.38. The van der Waals surface area contributed by atoms with Crippen molar-refractivity contribution in [1.29, 1.82) is 0 Å². The number of ketones is 1. The molecule has 2 rings (SSSR count). The third-order valence-electron chi connectivity index (χ3n) is 2.56. The van der Waals surface area contributed by atoms with Crippen LogP contribution in [0.1, 0.15) is 21.7 Å². The highest BCUT2D eigenvalue weighted by Crippen LogP contribution is 2.15. The zero-order valence-electron chi connectivity index (χ0n) is 9.75. The lowest BCUT2D eigenvalue weighted by Crippen LogP contribution is -2.02. The molecule has 18 heavy (non-hydrogen) atoms. The van der Waals surface area contributed by atoms with Gasteiger partial charge in [-0.1, -0.05) is 12.1 Å². The topological polar surface area (TPSA) is 73.3 Å². The van der Waals surface area contributed by atoms with Crippen LogP contribution in [-0.4, -0.2) is 10.7 Å². The Morgan fingerprint density at radius 2 is 2.00 bits per heavy atom. The van der Waals surface area contributed by atoms with E-state index >= 15 is 0 Å². The standard InChI is InChI=1S/C13H11NO4/c1-9-6-11(8-18-9)13(15)7-10-2-4-12(5-3-10)14(16)17/h2-6,8H,7H2,1H3. The zero-order valence-corrected chi connectivity index (χ0v) is 9.75. The van der Waals surface area contributed by atoms with Gasteiger partial charge in [0, 0.05) is 18.6 Å². The second kappa shape index (κ2) is 4.83. The molecule has 0 fully saturated rings. The summed E-state index contributed by atoms with van der Waals surface area (Å²) >= 11 is 0. The van der Waals surface area contributed by atoms with Gasteiger partial charge in [0.2, 0.25) is 0 Å². The number of rotatable bonds is 4. The molecule has 0 aliphatic rings. The van der Waals surface area contributed by atoms with Crippen LogP contribution in [-0.2, 0) is 6.42 Å². The molecule has 0 radical (unpaired) electrons. The predicted octanol–water partition coefficient (Wildman–Crippen LogP) is 2.92. The Bertz CT molecular complexity index is 583. The average molecular weight is 245 g/mol. The molecule has 1 aromatic carbocycles. The van der Waals surface area contributed by atoms with E-state index in [-0.39, 0.29) is 17.9 Å². The summed E-state index contributed by atoms with van der Waals surface area (Å²) in [7, 11) is 0. The van der Waals surface area contributed by atoms with Crippen molar-refractivity contribution in [3.63, 3.8) is 0 Å². The van der Waals surface area contributed by atoms with Crippen molar-refractivity contribution in [3.8, 4) is 0 Å². The van der Waals surface area contributed by atoms with Crippen LogP contribution in [0.25, 0.3) is 0 Å². The number of nitro benzene ring substituents is 1. The van der Waals surface area contributed by atoms with Crippen molar-refractivity contribution < 1.29 is 14.1 Å². The van der Waals surface area contributed by atoms with E-state index in [0.717, 1.165) is 5.56 Å². The van der Waals surface area contributed by atoms with Gasteiger partial charge in [-0.15, -0.1) is 0 Å². The van der Waals surface area contributed by atoms with E-state index in [0.29, 0.717) is 11.3 Å². The molecule has 0 spiro atoms. The highest BCUT2D eigenvalue weighted by atomic mass is 16.6. The number of Topliss-reactive ketones (excluding diaryl/α,β-unsaturated/α-hetero) is 1. The maximum Gasteiger partial charge on any atom is 0.269 e. The second-order valence-corrected chi connectivity index (χ2v) is 3.97. The van der Waals surface area contributed by atoms with Crippen LogP contribution in [0.3, 0.4) is 0 Å². The van der Waals surface area contributed by atoms with Gasteiger partial charge in [0.25, 0.3) is 5.69 Å². The highest BCUT2D eigenvalue weighted by Gasteiger charge is 2.11. The van der Waals surface area contributed by atoms with Crippen molar-refractivity contribution >= 4 is 11.5 Å². The first-order valence-corrected chi connectivity index (χ1v) is 5.38. The first-order chi connectivity index (χ1) is 8.56. The fourth-order valence-electron chi connectivity index (χ4n) is 1.61. The molecule has 0 unspecified atom stereocenters.